The lowest BCUT2D eigenvalue weighted by Crippen LogP contribution is -2.28. The Labute approximate surface area is 131 Å². The number of nitrogens with zero attached hydrogens (tertiary/aromatic N) is 1. The first-order valence-electron chi connectivity index (χ1n) is 8.40. The van der Waals surface area contributed by atoms with Crippen molar-refractivity contribution < 1.29 is 0 Å². The molecule has 0 aliphatic carbocycles. The van der Waals surface area contributed by atoms with Gasteiger partial charge in [-0.05, 0) is 62.6 Å². The van der Waals surface area contributed by atoms with E-state index in [-0.39, 0.29) is 0 Å². The molecular formula is C19H34N2. The Morgan fingerprint density at radius 3 is 2.33 bits per heavy atom. The molecule has 0 heterocycles. The minimum absolute atomic E-state index is 0.360. The molecule has 1 aromatic carbocycles. The predicted molar refractivity (Wildman–Crippen MR) is 94.9 cm³/mol. The summed E-state index contributed by atoms with van der Waals surface area (Å²) in [5.74, 6) is 0.720. The van der Waals surface area contributed by atoms with E-state index in [9.17, 15) is 0 Å². The van der Waals surface area contributed by atoms with Crippen LogP contribution in [0.4, 0.5) is 5.69 Å². The maximum atomic E-state index is 5.78. The van der Waals surface area contributed by atoms with Crippen LogP contribution < -0.4 is 10.6 Å². The van der Waals surface area contributed by atoms with Crippen LogP contribution in [-0.2, 0) is 0 Å². The van der Waals surface area contributed by atoms with Crippen LogP contribution in [0.5, 0.6) is 0 Å². The number of aryl methyl sites for hydroxylation is 1. The first kappa shape index (κ1) is 18.0. The minimum atomic E-state index is 0.360. The molecule has 0 radical (unpaired) electrons. The number of anilines is 1. The Morgan fingerprint density at radius 1 is 1.14 bits per heavy atom. The maximum absolute atomic E-state index is 5.78. The zero-order valence-electron chi connectivity index (χ0n) is 14.7. The molecule has 2 nitrogen and oxygen atoms in total. The highest BCUT2D eigenvalue weighted by Gasteiger charge is 2.23. The van der Waals surface area contributed by atoms with Gasteiger partial charge in [0.25, 0.3) is 0 Å². The molecule has 0 saturated heterocycles. The van der Waals surface area contributed by atoms with Crippen LogP contribution in [0.25, 0.3) is 0 Å². The highest BCUT2D eigenvalue weighted by molar-refractivity contribution is 5.52. The third kappa shape index (κ3) is 5.70. The van der Waals surface area contributed by atoms with Crippen molar-refractivity contribution in [3.63, 3.8) is 0 Å². The zero-order valence-corrected chi connectivity index (χ0v) is 14.7. The van der Waals surface area contributed by atoms with E-state index in [1.54, 1.807) is 0 Å². The highest BCUT2D eigenvalue weighted by atomic mass is 15.1. The minimum Gasteiger partial charge on any atom is -0.372 e. The van der Waals surface area contributed by atoms with E-state index in [0.29, 0.717) is 5.41 Å². The average Bonchev–Trinajstić information content (AvgIpc) is 2.42. The van der Waals surface area contributed by atoms with Gasteiger partial charge in [0, 0.05) is 18.8 Å². The second-order valence-corrected chi connectivity index (χ2v) is 7.15. The number of nitrogens with two attached hydrogens (primary N) is 1. The van der Waals surface area contributed by atoms with Gasteiger partial charge in [-0.2, -0.15) is 0 Å². The molecule has 21 heavy (non-hydrogen) atoms. The van der Waals surface area contributed by atoms with Crippen molar-refractivity contribution in [2.75, 3.05) is 24.5 Å². The van der Waals surface area contributed by atoms with Crippen molar-refractivity contribution in [1.29, 1.82) is 0 Å². The Balaban J connectivity index is 2.58. The van der Waals surface area contributed by atoms with Crippen molar-refractivity contribution in [3.8, 4) is 0 Å². The summed E-state index contributed by atoms with van der Waals surface area (Å²) in [4.78, 5) is 2.50. The number of rotatable bonds is 8. The van der Waals surface area contributed by atoms with Crippen molar-refractivity contribution >= 4 is 5.69 Å². The SMILES string of the molecule is CCN(CCCC(CCN)C(C)(C)C)c1ccccc1C. The molecule has 1 aromatic rings. The second-order valence-electron chi connectivity index (χ2n) is 7.15. The van der Waals surface area contributed by atoms with Crippen LogP contribution in [0.15, 0.2) is 24.3 Å². The lowest BCUT2D eigenvalue weighted by Gasteiger charge is -2.32. The molecule has 0 saturated carbocycles. The smallest absolute Gasteiger partial charge is 0.0395 e. The fourth-order valence-electron chi connectivity index (χ4n) is 3.11. The van der Waals surface area contributed by atoms with Crippen molar-refractivity contribution in [2.45, 2.75) is 53.9 Å². The standard InChI is InChI=1S/C19H34N2/c1-6-21(18-12-8-7-10-16(18)2)15-9-11-17(13-14-20)19(3,4)5/h7-8,10,12,17H,6,9,11,13-15,20H2,1-5H3. The summed E-state index contributed by atoms with van der Waals surface area (Å²) in [6.45, 7) is 14.5. The van der Waals surface area contributed by atoms with E-state index in [2.05, 4.69) is 63.8 Å². The number of para-hydroxylation sites is 1. The molecule has 0 aliphatic rings. The number of hydrogen-bond donors (Lipinski definition) is 1. The second kappa shape index (κ2) is 8.43. The molecule has 0 spiro atoms. The van der Waals surface area contributed by atoms with Gasteiger partial charge in [0.2, 0.25) is 0 Å². The van der Waals surface area contributed by atoms with Gasteiger partial charge in [-0.25, -0.2) is 0 Å². The Morgan fingerprint density at radius 2 is 1.81 bits per heavy atom. The van der Waals surface area contributed by atoms with Crippen molar-refractivity contribution in [3.05, 3.63) is 29.8 Å². The van der Waals surface area contributed by atoms with E-state index < -0.39 is 0 Å². The van der Waals surface area contributed by atoms with Gasteiger partial charge in [-0.15, -0.1) is 0 Å². The number of benzene rings is 1. The first-order chi connectivity index (χ1) is 9.90. The van der Waals surface area contributed by atoms with Crippen LogP contribution >= 0.6 is 0 Å². The van der Waals surface area contributed by atoms with Crippen molar-refractivity contribution in [1.82, 2.24) is 0 Å². The monoisotopic (exact) mass is 290 g/mol. The summed E-state index contributed by atoms with van der Waals surface area (Å²) >= 11 is 0. The quantitative estimate of drug-likeness (QED) is 0.757. The lowest BCUT2D eigenvalue weighted by atomic mass is 9.76. The van der Waals surface area contributed by atoms with Crippen LogP contribution in [0, 0.1) is 18.3 Å². The Kier molecular flexibility index (Phi) is 7.24. The van der Waals surface area contributed by atoms with Crippen LogP contribution in [0.1, 0.15) is 52.5 Å². The molecule has 0 amide bonds. The first-order valence-corrected chi connectivity index (χ1v) is 8.40. The van der Waals surface area contributed by atoms with E-state index in [1.165, 1.54) is 24.1 Å². The lowest BCUT2D eigenvalue weighted by molar-refractivity contribution is 0.211. The zero-order chi connectivity index (χ0) is 15.9. The summed E-state index contributed by atoms with van der Waals surface area (Å²) in [6.07, 6.45) is 3.65. The molecular weight excluding hydrogens is 256 g/mol. The van der Waals surface area contributed by atoms with E-state index in [4.69, 9.17) is 5.73 Å². The van der Waals surface area contributed by atoms with Crippen molar-refractivity contribution in [2.24, 2.45) is 17.1 Å². The average molecular weight is 290 g/mol. The van der Waals surface area contributed by atoms with E-state index in [1.807, 2.05) is 0 Å². The largest absolute Gasteiger partial charge is 0.372 e. The number of hydrogen-bond acceptors (Lipinski definition) is 2. The van der Waals surface area contributed by atoms with Crippen LogP contribution in [0.3, 0.4) is 0 Å². The molecule has 2 heteroatoms. The van der Waals surface area contributed by atoms with Gasteiger partial charge in [-0.1, -0.05) is 39.0 Å². The fourth-order valence-corrected chi connectivity index (χ4v) is 3.11. The Bertz CT molecular complexity index is 406. The van der Waals surface area contributed by atoms with E-state index >= 15 is 0 Å². The van der Waals surface area contributed by atoms with Gasteiger partial charge in [-0.3, -0.25) is 0 Å². The van der Waals surface area contributed by atoms with Gasteiger partial charge in [0.15, 0.2) is 0 Å². The maximum Gasteiger partial charge on any atom is 0.0395 e. The molecule has 1 unspecified atom stereocenters. The van der Waals surface area contributed by atoms with Gasteiger partial charge < -0.3 is 10.6 Å². The third-order valence-electron chi connectivity index (χ3n) is 4.56. The van der Waals surface area contributed by atoms with Crippen LogP contribution in [0.2, 0.25) is 0 Å². The Hall–Kier alpha value is -1.02. The molecule has 0 aromatic heterocycles. The highest BCUT2D eigenvalue weighted by Crippen LogP contribution is 2.32. The van der Waals surface area contributed by atoms with Gasteiger partial charge >= 0.3 is 0 Å². The third-order valence-corrected chi connectivity index (χ3v) is 4.56. The summed E-state index contributed by atoms with van der Waals surface area (Å²) in [7, 11) is 0. The molecule has 1 rings (SSSR count). The normalized spacial score (nSPS) is 13.2. The van der Waals surface area contributed by atoms with Gasteiger partial charge in [0.05, 0.1) is 0 Å². The molecule has 1 atom stereocenters. The summed E-state index contributed by atoms with van der Waals surface area (Å²) in [6, 6.07) is 8.69. The summed E-state index contributed by atoms with van der Waals surface area (Å²) < 4.78 is 0. The fraction of sp³-hybridized carbons (Fsp3) is 0.684. The summed E-state index contributed by atoms with van der Waals surface area (Å²) in [5.41, 5.74) is 8.89. The van der Waals surface area contributed by atoms with Gasteiger partial charge in [0.1, 0.15) is 0 Å². The predicted octanol–water partition coefficient (Wildman–Crippen LogP) is 4.61. The molecule has 2 N–H and O–H groups in total. The molecule has 0 aliphatic heterocycles. The molecule has 120 valence electrons. The molecule has 0 bridgehead atoms. The summed E-state index contributed by atoms with van der Waals surface area (Å²) in [5, 5.41) is 0. The molecule has 0 fully saturated rings. The topological polar surface area (TPSA) is 29.3 Å². The van der Waals surface area contributed by atoms with E-state index in [0.717, 1.165) is 32.0 Å². The van der Waals surface area contributed by atoms with Crippen LogP contribution in [-0.4, -0.2) is 19.6 Å².